The van der Waals surface area contributed by atoms with Crippen molar-refractivity contribution in [2.24, 2.45) is 0 Å². The summed E-state index contributed by atoms with van der Waals surface area (Å²) < 4.78 is 0.827. The monoisotopic (exact) mass is 334 g/mol. The molecule has 0 radical (unpaired) electrons. The van der Waals surface area contributed by atoms with Crippen molar-refractivity contribution in [3.8, 4) is 11.1 Å². The van der Waals surface area contributed by atoms with E-state index in [2.05, 4.69) is 22.6 Å². The van der Waals surface area contributed by atoms with Gasteiger partial charge in [0, 0.05) is 14.7 Å². The number of ketones is 2. The Morgan fingerprint density at radius 1 is 0.706 bits per heavy atom. The van der Waals surface area contributed by atoms with Crippen LogP contribution in [0.4, 0.5) is 0 Å². The van der Waals surface area contributed by atoms with Crippen LogP contribution < -0.4 is 0 Å². The molecular formula is C14H7IO2. The molecule has 0 amide bonds. The third kappa shape index (κ3) is 1.45. The Bertz CT molecular complexity index is 659. The maximum absolute atomic E-state index is 12.0. The molecule has 0 saturated carbocycles. The van der Waals surface area contributed by atoms with Gasteiger partial charge in [-0.05, 0) is 39.8 Å². The Labute approximate surface area is 112 Å². The van der Waals surface area contributed by atoms with E-state index in [1.54, 1.807) is 12.1 Å². The molecule has 0 aromatic heterocycles. The zero-order valence-electron chi connectivity index (χ0n) is 8.74. The predicted molar refractivity (Wildman–Crippen MR) is 73.3 cm³/mol. The molecule has 0 N–H and O–H groups in total. The van der Waals surface area contributed by atoms with Crippen LogP contribution >= 0.6 is 22.6 Å². The SMILES string of the molecule is O=C1C(=O)c2c(I)cccc2-c2ccccc21. The van der Waals surface area contributed by atoms with E-state index in [0.29, 0.717) is 11.1 Å². The Kier molecular flexibility index (Phi) is 2.36. The van der Waals surface area contributed by atoms with Crippen molar-refractivity contribution >= 4 is 34.2 Å². The highest BCUT2D eigenvalue weighted by Crippen LogP contribution is 2.35. The minimum absolute atomic E-state index is 0.399. The van der Waals surface area contributed by atoms with Crippen molar-refractivity contribution in [1.29, 1.82) is 0 Å². The summed E-state index contributed by atoms with van der Waals surface area (Å²) in [6.45, 7) is 0. The topological polar surface area (TPSA) is 34.1 Å². The molecule has 1 aliphatic rings. The standard InChI is InChI=1S/C14H7IO2/c15-11-7-3-6-9-8-4-1-2-5-10(8)13(16)14(17)12(9)11/h1-7H. The van der Waals surface area contributed by atoms with Crippen LogP contribution in [-0.2, 0) is 0 Å². The van der Waals surface area contributed by atoms with E-state index < -0.39 is 11.6 Å². The van der Waals surface area contributed by atoms with Crippen molar-refractivity contribution in [2.75, 3.05) is 0 Å². The Balaban J connectivity index is 2.44. The lowest BCUT2D eigenvalue weighted by molar-refractivity contribution is 0.0815. The molecule has 0 atom stereocenters. The summed E-state index contributed by atoms with van der Waals surface area (Å²) >= 11 is 2.09. The fourth-order valence-corrected chi connectivity index (χ4v) is 2.87. The summed E-state index contributed by atoms with van der Waals surface area (Å²) in [6, 6.07) is 12.9. The fourth-order valence-electron chi connectivity index (χ4n) is 2.13. The number of fused-ring (bicyclic) bond motifs is 3. The first-order chi connectivity index (χ1) is 8.20. The van der Waals surface area contributed by atoms with Gasteiger partial charge in [0.25, 0.3) is 0 Å². The molecule has 2 aromatic rings. The summed E-state index contributed by atoms with van der Waals surface area (Å²) in [6.07, 6.45) is 0. The van der Waals surface area contributed by atoms with Gasteiger partial charge in [-0.3, -0.25) is 9.59 Å². The molecule has 0 fully saturated rings. The second kappa shape index (κ2) is 3.77. The summed E-state index contributed by atoms with van der Waals surface area (Å²) in [5, 5.41) is 0. The van der Waals surface area contributed by atoms with E-state index >= 15 is 0 Å². The molecule has 2 nitrogen and oxygen atoms in total. The summed E-state index contributed by atoms with van der Waals surface area (Å²) in [5.41, 5.74) is 2.76. The molecule has 3 heteroatoms. The van der Waals surface area contributed by atoms with Crippen LogP contribution in [0.15, 0.2) is 42.5 Å². The van der Waals surface area contributed by atoms with Crippen LogP contribution in [0.1, 0.15) is 20.7 Å². The summed E-state index contributed by atoms with van der Waals surface area (Å²) in [5.74, 6) is -0.805. The van der Waals surface area contributed by atoms with Gasteiger partial charge in [0.15, 0.2) is 0 Å². The van der Waals surface area contributed by atoms with Gasteiger partial charge in [0.05, 0.1) is 0 Å². The van der Waals surface area contributed by atoms with Crippen LogP contribution in [0, 0.1) is 3.57 Å². The maximum Gasteiger partial charge on any atom is 0.235 e. The van der Waals surface area contributed by atoms with Gasteiger partial charge in [-0.25, -0.2) is 0 Å². The van der Waals surface area contributed by atoms with Gasteiger partial charge in [-0.15, -0.1) is 0 Å². The smallest absolute Gasteiger partial charge is 0.235 e. The van der Waals surface area contributed by atoms with Gasteiger partial charge >= 0.3 is 0 Å². The highest BCUT2D eigenvalue weighted by atomic mass is 127. The van der Waals surface area contributed by atoms with E-state index in [1.807, 2.05) is 30.3 Å². The Morgan fingerprint density at radius 2 is 1.35 bits per heavy atom. The van der Waals surface area contributed by atoms with Gasteiger partial charge in [-0.1, -0.05) is 36.4 Å². The lowest BCUT2D eigenvalue weighted by Crippen LogP contribution is -2.22. The highest BCUT2D eigenvalue weighted by molar-refractivity contribution is 14.1. The van der Waals surface area contributed by atoms with Gasteiger partial charge in [0.1, 0.15) is 0 Å². The fraction of sp³-hybridized carbons (Fsp3) is 0. The minimum Gasteiger partial charge on any atom is -0.285 e. The second-order valence-corrected chi connectivity index (χ2v) is 5.03. The summed E-state index contributed by atoms with van der Waals surface area (Å²) in [7, 11) is 0. The molecular weight excluding hydrogens is 327 g/mol. The number of carbonyl (C=O) groups is 2. The number of halogens is 1. The van der Waals surface area contributed by atoms with E-state index in [9.17, 15) is 9.59 Å². The molecule has 0 saturated heterocycles. The number of carbonyl (C=O) groups excluding carboxylic acids is 2. The first kappa shape index (κ1) is 10.7. The van der Waals surface area contributed by atoms with Crippen molar-refractivity contribution in [1.82, 2.24) is 0 Å². The van der Waals surface area contributed by atoms with Crippen LogP contribution in [0.2, 0.25) is 0 Å². The number of rotatable bonds is 0. The molecule has 0 aliphatic heterocycles. The first-order valence-electron chi connectivity index (χ1n) is 5.17. The number of hydrogen-bond acceptors (Lipinski definition) is 2. The van der Waals surface area contributed by atoms with Crippen molar-refractivity contribution in [3.05, 3.63) is 57.2 Å². The van der Waals surface area contributed by atoms with Crippen molar-refractivity contribution < 1.29 is 9.59 Å². The van der Waals surface area contributed by atoms with Gasteiger partial charge < -0.3 is 0 Å². The van der Waals surface area contributed by atoms with E-state index in [4.69, 9.17) is 0 Å². The van der Waals surface area contributed by atoms with E-state index in [1.165, 1.54) is 0 Å². The van der Waals surface area contributed by atoms with Crippen LogP contribution in [0.25, 0.3) is 11.1 Å². The molecule has 17 heavy (non-hydrogen) atoms. The average molecular weight is 334 g/mol. The van der Waals surface area contributed by atoms with Crippen molar-refractivity contribution in [2.45, 2.75) is 0 Å². The molecule has 3 rings (SSSR count). The largest absolute Gasteiger partial charge is 0.285 e. The van der Waals surface area contributed by atoms with Crippen molar-refractivity contribution in [3.63, 3.8) is 0 Å². The third-order valence-corrected chi connectivity index (χ3v) is 3.81. The van der Waals surface area contributed by atoms with E-state index in [0.717, 1.165) is 14.7 Å². The average Bonchev–Trinajstić information content (AvgIpc) is 2.36. The number of Topliss-reactive ketones (excluding diaryl/α,β-unsaturated/α-hetero) is 2. The van der Waals surface area contributed by atoms with Crippen LogP contribution in [0.5, 0.6) is 0 Å². The molecule has 0 spiro atoms. The van der Waals surface area contributed by atoms with Gasteiger partial charge in [0.2, 0.25) is 11.6 Å². The van der Waals surface area contributed by atoms with Crippen LogP contribution in [0.3, 0.4) is 0 Å². The lowest BCUT2D eigenvalue weighted by Gasteiger charge is -2.18. The summed E-state index contributed by atoms with van der Waals surface area (Å²) in [4.78, 5) is 24.0. The Morgan fingerprint density at radius 3 is 2.12 bits per heavy atom. The third-order valence-electron chi connectivity index (χ3n) is 2.91. The quantitative estimate of drug-likeness (QED) is 0.547. The van der Waals surface area contributed by atoms with Gasteiger partial charge in [-0.2, -0.15) is 0 Å². The highest BCUT2D eigenvalue weighted by Gasteiger charge is 2.31. The molecule has 1 aliphatic carbocycles. The van der Waals surface area contributed by atoms with Crippen LogP contribution in [-0.4, -0.2) is 11.6 Å². The Hall–Kier alpha value is -1.49. The second-order valence-electron chi connectivity index (χ2n) is 3.87. The molecule has 0 heterocycles. The molecule has 0 unspecified atom stereocenters. The number of hydrogen-bond donors (Lipinski definition) is 0. The van der Waals surface area contributed by atoms with E-state index in [-0.39, 0.29) is 0 Å². The normalized spacial score (nSPS) is 13.2. The predicted octanol–water partition coefficient (Wildman–Crippen LogP) is 3.34. The minimum atomic E-state index is -0.405. The lowest BCUT2D eigenvalue weighted by atomic mass is 9.84. The zero-order valence-corrected chi connectivity index (χ0v) is 10.9. The maximum atomic E-state index is 12.0. The molecule has 0 bridgehead atoms. The molecule has 2 aromatic carbocycles. The molecule has 82 valence electrons. The first-order valence-corrected chi connectivity index (χ1v) is 6.25. The number of benzene rings is 2. The zero-order chi connectivity index (χ0) is 12.0.